The molecule has 10 heteroatoms. The van der Waals surface area contributed by atoms with Crippen molar-refractivity contribution < 1.29 is 28.5 Å². The van der Waals surface area contributed by atoms with Crippen molar-refractivity contribution in [1.29, 1.82) is 0 Å². The predicted molar refractivity (Wildman–Crippen MR) is 78.6 cm³/mol. The SMILES string of the molecule is CCCCC(=O)Nc1ccn([C@@H]2O[C@H](CO)C(O)C2(F)F)c(=O)n1. The average molecular weight is 347 g/mol. The van der Waals surface area contributed by atoms with Crippen molar-refractivity contribution in [2.75, 3.05) is 11.9 Å². The molecule has 0 aliphatic carbocycles. The molecule has 1 unspecified atom stereocenters. The van der Waals surface area contributed by atoms with Gasteiger partial charge in [0.25, 0.3) is 0 Å². The summed E-state index contributed by atoms with van der Waals surface area (Å²) in [4.78, 5) is 27.1. The maximum Gasteiger partial charge on any atom is 0.351 e. The average Bonchev–Trinajstić information content (AvgIpc) is 2.76. The van der Waals surface area contributed by atoms with Crippen LogP contribution < -0.4 is 11.0 Å². The number of halogens is 2. The van der Waals surface area contributed by atoms with Crippen LogP contribution in [0.4, 0.5) is 14.6 Å². The Bertz CT molecular complexity index is 652. The minimum Gasteiger partial charge on any atom is -0.394 e. The lowest BCUT2D eigenvalue weighted by molar-refractivity contribution is -0.141. The van der Waals surface area contributed by atoms with Gasteiger partial charge in [-0.25, -0.2) is 4.79 Å². The highest BCUT2D eigenvalue weighted by Crippen LogP contribution is 2.41. The summed E-state index contributed by atoms with van der Waals surface area (Å²) in [6.07, 6.45) is -3.09. The number of hydrogen-bond donors (Lipinski definition) is 3. The first-order chi connectivity index (χ1) is 11.3. The van der Waals surface area contributed by atoms with E-state index in [-0.39, 0.29) is 18.1 Å². The maximum absolute atomic E-state index is 14.0. The van der Waals surface area contributed by atoms with E-state index in [2.05, 4.69) is 10.3 Å². The van der Waals surface area contributed by atoms with E-state index in [1.165, 1.54) is 6.07 Å². The zero-order chi connectivity index (χ0) is 17.9. The monoisotopic (exact) mass is 347 g/mol. The number of alkyl halides is 2. The molecule has 8 nitrogen and oxygen atoms in total. The van der Waals surface area contributed by atoms with E-state index >= 15 is 0 Å². The van der Waals surface area contributed by atoms with Gasteiger partial charge >= 0.3 is 11.6 Å². The number of nitrogens with one attached hydrogen (secondary N) is 1. The molecule has 2 heterocycles. The third kappa shape index (κ3) is 3.60. The van der Waals surface area contributed by atoms with Crippen molar-refractivity contribution >= 4 is 11.7 Å². The van der Waals surface area contributed by atoms with Crippen LogP contribution >= 0.6 is 0 Å². The standard InChI is InChI=1S/C14H19F2N3O5/c1-2-3-4-10(21)17-9-5-6-19(13(23)18-9)12-14(15,16)11(22)8(7-20)24-12/h5-6,8,11-12,20,22H,2-4,7H2,1H3,(H,17,18,21,23)/t8-,11?,12-/m1/s1. The van der Waals surface area contributed by atoms with Gasteiger partial charge in [-0.15, -0.1) is 0 Å². The quantitative estimate of drug-likeness (QED) is 0.680. The summed E-state index contributed by atoms with van der Waals surface area (Å²) in [5.41, 5.74) is -1.07. The first-order valence-electron chi connectivity index (χ1n) is 7.52. The third-order valence-corrected chi connectivity index (χ3v) is 3.67. The van der Waals surface area contributed by atoms with Gasteiger partial charge in [0, 0.05) is 12.6 Å². The summed E-state index contributed by atoms with van der Waals surface area (Å²) in [5, 5.41) is 20.8. The number of aliphatic hydroxyl groups is 2. The van der Waals surface area contributed by atoms with Gasteiger partial charge in [-0.3, -0.25) is 9.36 Å². The molecule has 0 spiro atoms. The Morgan fingerprint density at radius 1 is 1.54 bits per heavy atom. The Hall–Kier alpha value is -1.91. The largest absolute Gasteiger partial charge is 0.394 e. The normalized spacial score (nSPS) is 25.6. The minimum atomic E-state index is -3.77. The molecule has 0 saturated carbocycles. The number of anilines is 1. The lowest BCUT2D eigenvalue weighted by atomic mass is 10.1. The highest BCUT2D eigenvalue weighted by molar-refractivity contribution is 5.89. The summed E-state index contributed by atoms with van der Waals surface area (Å²) in [6.45, 7) is 1.10. The van der Waals surface area contributed by atoms with Crippen molar-refractivity contribution in [2.24, 2.45) is 0 Å². The van der Waals surface area contributed by atoms with E-state index in [1.54, 1.807) is 0 Å². The molecule has 0 aromatic carbocycles. The molecular formula is C14H19F2N3O5. The van der Waals surface area contributed by atoms with E-state index in [9.17, 15) is 23.5 Å². The van der Waals surface area contributed by atoms with Gasteiger partial charge in [0.2, 0.25) is 12.1 Å². The summed E-state index contributed by atoms with van der Waals surface area (Å²) < 4.78 is 33.4. The van der Waals surface area contributed by atoms with Gasteiger partial charge in [0.05, 0.1) is 6.61 Å². The molecule has 3 atom stereocenters. The smallest absolute Gasteiger partial charge is 0.351 e. The summed E-state index contributed by atoms with van der Waals surface area (Å²) in [5.74, 6) is -4.16. The number of aliphatic hydroxyl groups excluding tert-OH is 2. The maximum atomic E-state index is 14.0. The van der Waals surface area contributed by atoms with Gasteiger partial charge in [-0.2, -0.15) is 13.8 Å². The zero-order valence-corrected chi connectivity index (χ0v) is 13.0. The van der Waals surface area contributed by atoms with Gasteiger partial charge in [0.15, 0.2) is 6.10 Å². The molecule has 1 aromatic heterocycles. The number of unbranched alkanes of at least 4 members (excludes halogenated alkanes) is 1. The van der Waals surface area contributed by atoms with E-state index in [0.29, 0.717) is 11.0 Å². The fourth-order valence-corrected chi connectivity index (χ4v) is 2.32. The minimum absolute atomic E-state index is 0.0575. The lowest BCUT2D eigenvalue weighted by Gasteiger charge is -2.21. The van der Waals surface area contributed by atoms with Crippen LogP contribution in [-0.4, -0.2) is 50.4 Å². The van der Waals surface area contributed by atoms with E-state index in [0.717, 1.165) is 12.6 Å². The Morgan fingerprint density at radius 3 is 2.79 bits per heavy atom. The van der Waals surface area contributed by atoms with E-state index in [1.807, 2.05) is 6.92 Å². The second-order valence-electron chi connectivity index (χ2n) is 5.48. The molecule has 3 N–H and O–H groups in total. The molecule has 1 fully saturated rings. The number of nitrogens with zero attached hydrogens (tertiary/aromatic N) is 2. The van der Waals surface area contributed by atoms with Gasteiger partial charge in [-0.1, -0.05) is 13.3 Å². The van der Waals surface area contributed by atoms with Crippen molar-refractivity contribution in [2.45, 2.75) is 50.5 Å². The number of ether oxygens (including phenoxy) is 1. The topological polar surface area (TPSA) is 114 Å². The first-order valence-corrected chi connectivity index (χ1v) is 7.52. The van der Waals surface area contributed by atoms with Crippen LogP contribution in [0.3, 0.4) is 0 Å². The Kier molecular flexibility index (Phi) is 5.62. The van der Waals surface area contributed by atoms with Crippen molar-refractivity contribution in [3.05, 3.63) is 22.7 Å². The fraction of sp³-hybridized carbons (Fsp3) is 0.643. The van der Waals surface area contributed by atoms with Crippen LogP contribution in [0.5, 0.6) is 0 Å². The van der Waals surface area contributed by atoms with Crippen LogP contribution in [0.2, 0.25) is 0 Å². The zero-order valence-electron chi connectivity index (χ0n) is 13.0. The van der Waals surface area contributed by atoms with Crippen LogP contribution in [0.15, 0.2) is 17.1 Å². The number of carbonyl (C=O) groups is 1. The van der Waals surface area contributed by atoms with Gasteiger partial charge < -0.3 is 20.3 Å². The van der Waals surface area contributed by atoms with E-state index in [4.69, 9.17) is 9.84 Å². The highest BCUT2D eigenvalue weighted by Gasteiger charge is 2.59. The fourth-order valence-electron chi connectivity index (χ4n) is 2.32. The van der Waals surface area contributed by atoms with Gasteiger partial charge in [-0.05, 0) is 12.5 Å². The number of rotatable bonds is 6. The number of aromatic nitrogens is 2. The Balaban J connectivity index is 2.18. The molecule has 24 heavy (non-hydrogen) atoms. The molecule has 1 aliphatic rings. The molecule has 1 aromatic rings. The molecule has 0 bridgehead atoms. The lowest BCUT2D eigenvalue weighted by Crippen LogP contribution is -2.41. The highest BCUT2D eigenvalue weighted by atomic mass is 19.3. The molecule has 1 amide bonds. The summed E-state index contributed by atoms with van der Waals surface area (Å²) in [7, 11) is 0. The second kappa shape index (κ2) is 7.32. The number of carbonyl (C=O) groups excluding carboxylic acids is 1. The molecular weight excluding hydrogens is 328 g/mol. The van der Waals surface area contributed by atoms with Crippen LogP contribution in [0.25, 0.3) is 0 Å². The Morgan fingerprint density at radius 2 is 2.25 bits per heavy atom. The van der Waals surface area contributed by atoms with Gasteiger partial charge in [0.1, 0.15) is 11.9 Å². The Labute approximate surface area is 136 Å². The number of hydrogen-bond acceptors (Lipinski definition) is 6. The van der Waals surface area contributed by atoms with Crippen molar-refractivity contribution in [3.63, 3.8) is 0 Å². The second-order valence-corrected chi connectivity index (χ2v) is 5.48. The predicted octanol–water partition coefficient (Wildman–Crippen LogP) is 0.258. The van der Waals surface area contributed by atoms with Crippen molar-refractivity contribution in [1.82, 2.24) is 9.55 Å². The molecule has 134 valence electrons. The molecule has 1 saturated heterocycles. The van der Waals surface area contributed by atoms with Crippen LogP contribution in [0, 0.1) is 0 Å². The molecule has 1 aliphatic heterocycles. The van der Waals surface area contributed by atoms with E-state index < -0.39 is 36.7 Å². The summed E-state index contributed by atoms with van der Waals surface area (Å²) >= 11 is 0. The van der Waals surface area contributed by atoms with Crippen LogP contribution in [0.1, 0.15) is 32.4 Å². The van der Waals surface area contributed by atoms with Crippen LogP contribution in [-0.2, 0) is 9.53 Å². The number of amides is 1. The van der Waals surface area contributed by atoms with Crippen molar-refractivity contribution in [3.8, 4) is 0 Å². The third-order valence-electron chi connectivity index (χ3n) is 3.67. The molecule has 0 radical (unpaired) electrons. The first kappa shape index (κ1) is 18.4. The molecule has 2 rings (SSSR count). The summed E-state index contributed by atoms with van der Waals surface area (Å²) in [6, 6.07) is 1.18.